The molecule has 2 aliphatic heterocycles. The molecule has 40 heavy (non-hydrogen) atoms. The fourth-order valence-electron chi connectivity index (χ4n) is 5.40. The van der Waals surface area contributed by atoms with Crippen molar-refractivity contribution in [3.63, 3.8) is 0 Å². The highest BCUT2D eigenvalue weighted by molar-refractivity contribution is 6.03. The van der Waals surface area contributed by atoms with Gasteiger partial charge in [-0.25, -0.2) is 4.79 Å². The number of hydrogen-bond acceptors (Lipinski definition) is 4. The van der Waals surface area contributed by atoms with Crippen LogP contribution in [0.25, 0.3) is 0 Å². The van der Waals surface area contributed by atoms with Crippen molar-refractivity contribution in [2.45, 2.75) is 39.4 Å². The number of carbonyl (C=O) groups is 3. The SMILES string of the molecule is CCN1C(=O)N[C@@H](c2cccc(Oc3ccccc3)c2)C2=C1CN([C@H](C(=O)NCc1ccccc1)C(C)C)C2=O. The monoisotopic (exact) mass is 538 g/mol. The van der Waals surface area contributed by atoms with Crippen LogP contribution in [0, 0.1) is 5.92 Å². The highest BCUT2D eigenvalue weighted by Crippen LogP contribution is 2.39. The molecule has 0 saturated carbocycles. The average Bonchev–Trinajstić information content (AvgIpc) is 3.28. The van der Waals surface area contributed by atoms with Gasteiger partial charge < -0.3 is 20.3 Å². The molecule has 2 heterocycles. The van der Waals surface area contributed by atoms with Crippen LogP contribution in [0.4, 0.5) is 4.79 Å². The number of urea groups is 1. The maximum absolute atomic E-state index is 14.1. The minimum absolute atomic E-state index is 0.138. The van der Waals surface area contributed by atoms with E-state index >= 15 is 0 Å². The van der Waals surface area contributed by atoms with E-state index in [1.807, 2.05) is 106 Å². The molecular formula is C32H34N4O4. The van der Waals surface area contributed by atoms with E-state index in [-0.39, 0.29) is 30.3 Å². The minimum atomic E-state index is -0.691. The number of ether oxygens (including phenoxy) is 1. The fraction of sp³-hybridized carbons (Fsp3) is 0.281. The van der Waals surface area contributed by atoms with Crippen LogP contribution in [0.3, 0.4) is 0 Å². The number of carbonyl (C=O) groups excluding carboxylic acids is 3. The van der Waals surface area contributed by atoms with Gasteiger partial charge in [-0.3, -0.25) is 14.5 Å². The first kappa shape index (κ1) is 27.0. The zero-order valence-corrected chi connectivity index (χ0v) is 23.0. The summed E-state index contributed by atoms with van der Waals surface area (Å²) in [6, 6.07) is 24.9. The number of benzene rings is 3. The Kier molecular flexibility index (Phi) is 7.86. The van der Waals surface area contributed by atoms with Crippen molar-refractivity contribution < 1.29 is 19.1 Å². The quantitative estimate of drug-likeness (QED) is 0.401. The smallest absolute Gasteiger partial charge is 0.322 e. The number of amides is 4. The van der Waals surface area contributed by atoms with Crippen LogP contribution in [0.5, 0.6) is 11.5 Å². The summed E-state index contributed by atoms with van der Waals surface area (Å²) in [7, 11) is 0. The number of likely N-dealkylation sites (N-methyl/N-ethyl adjacent to an activating group) is 1. The zero-order chi connectivity index (χ0) is 28.2. The molecule has 0 unspecified atom stereocenters. The second-order valence-electron chi connectivity index (χ2n) is 10.3. The van der Waals surface area contributed by atoms with E-state index in [2.05, 4.69) is 10.6 Å². The molecule has 206 valence electrons. The number of para-hydroxylation sites is 1. The van der Waals surface area contributed by atoms with Crippen molar-refractivity contribution >= 4 is 17.8 Å². The molecule has 5 rings (SSSR count). The summed E-state index contributed by atoms with van der Waals surface area (Å²) in [5.41, 5.74) is 2.83. The topological polar surface area (TPSA) is 91.0 Å². The summed E-state index contributed by atoms with van der Waals surface area (Å²) in [6.45, 7) is 6.70. The molecule has 0 bridgehead atoms. The van der Waals surface area contributed by atoms with Gasteiger partial charge in [0, 0.05) is 13.1 Å². The molecule has 0 fully saturated rings. The van der Waals surface area contributed by atoms with Crippen molar-refractivity contribution in [2.24, 2.45) is 5.92 Å². The predicted octanol–water partition coefficient (Wildman–Crippen LogP) is 5.00. The Labute approximate surface area is 234 Å². The van der Waals surface area contributed by atoms with E-state index in [9.17, 15) is 14.4 Å². The Morgan fingerprint density at radius 2 is 1.65 bits per heavy atom. The highest BCUT2D eigenvalue weighted by atomic mass is 16.5. The van der Waals surface area contributed by atoms with Crippen molar-refractivity contribution in [3.8, 4) is 11.5 Å². The lowest BCUT2D eigenvalue weighted by Gasteiger charge is -2.33. The van der Waals surface area contributed by atoms with Gasteiger partial charge in [0.05, 0.1) is 23.9 Å². The van der Waals surface area contributed by atoms with Gasteiger partial charge in [-0.05, 0) is 48.2 Å². The van der Waals surface area contributed by atoms with E-state index in [0.717, 1.165) is 11.1 Å². The molecule has 2 aliphatic rings. The second kappa shape index (κ2) is 11.7. The molecule has 3 aromatic rings. The zero-order valence-electron chi connectivity index (χ0n) is 23.0. The van der Waals surface area contributed by atoms with Crippen LogP contribution in [-0.4, -0.2) is 46.8 Å². The molecule has 0 radical (unpaired) electrons. The molecule has 8 heteroatoms. The summed E-state index contributed by atoms with van der Waals surface area (Å²) in [5.74, 6) is 0.681. The van der Waals surface area contributed by atoms with Gasteiger partial charge in [-0.2, -0.15) is 0 Å². The summed E-state index contributed by atoms with van der Waals surface area (Å²) in [4.78, 5) is 43.9. The number of rotatable bonds is 9. The van der Waals surface area contributed by atoms with E-state index < -0.39 is 12.1 Å². The molecule has 2 N–H and O–H groups in total. The first-order valence-electron chi connectivity index (χ1n) is 13.6. The van der Waals surface area contributed by atoms with Crippen LogP contribution < -0.4 is 15.4 Å². The van der Waals surface area contributed by atoms with Crippen molar-refractivity contribution in [1.29, 1.82) is 0 Å². The molecule has 0 spiro atoms. The molecule has 0 aromatic heterocycles. The highest BCUT2D eigenvalue weighted by Gasteiger charge is 2.47. The molecule has 3 aromatic carbocycles. The van der Waals surface area contributed by atoms with Crippen molar-refractivity contribution in [1.82, 2.24) is 20.4 Å². The molecule has 2 atom stereocenters. The summed E-state index contributed by atoms with van der Waals surface area (Å²) in [6.07, 6.45) is 0. The summed E-state index contributed by atoms with van der Waals surface area (Å²) < 4.78 is 6.02. The largest absolute Gasteiger partial charge is 0.457 e. The standard InChI is InChI=1S/C32H34N4O4/c1-4-35-26-20-36(29(21(2)3)30(37)33-19-22-12-7-5-8-13-22)31(38)27(26)28(34-32(35)39)23-14-11-17-25(18-23)40-24-15-9-6-10-16-24/h5-18,21,28-29H,4,19-20H2,1-3H3,(H,33,37)(H,34,39)/t28-,29-/m0/s1. The maximum atomic E-state index is 14.1. The Balaban J connectivity index is 1.43. The van der Waals surface area contributed by atoms with Gasteiger partial charge in [0.2, 0.25) is 5.91 Å². The Bertz CT molecular complexity index is 1420. The second-order valence-corrected chi connectivity index (χ2v) is 10.3. The molecule has 4 amide bonds. The van der Waals surface area contributed by atoms with Gasteiger partial charge in [-0.1, -0.05) is 74.5 Å². The molecule has 0 saturated heterocycles. The number of nitrogens with one attached hydrogen (secondary N) is 2. The van der Waals surface area contributed by atoms with Gasteiger partial charge in [0.15, 0.2) is 0 Å². The van der Waals surface area contributed by atoms with Crippen molar-refractivity contribution in [3.05, 3.63) is 107 Å². The molecule has 0 aliphatic carbocycles. The third-order valence-electron chi connectivity index (χ3n) is 7.28. The third kappa shape index (κ3) is 5.43. The Morgan fingerprint density at radius 3 is 2.33 bits per heavy atom. The van der Waals surface area contributed by atoms with Gasteiger partial charge in [0.1, 0.15) is 17.5 Å². The molecule has 8 nitrogen and oxygen atoms in total. The third-order valence-corrected chi connectivity index (χ3v) is 7.28. The Morgan fingerprint density at radius 1 is 0.975 bits per heavy atom. The average molecular weight is 539 g/mol. The summed E-state index contributed by atoms with van der Waals surface area (Å²) >= 11 is 0. The van der Waals surface area contributed by atoms with Crippen LogP contribution in [0.1, 0.15) is 37.9 Å². The van der Waals surface area contributed by atoms with E-state index in [1.54, 1.807) is 9.80 Å². The Hall–Kier alpha value is -4.59. The first-order chi connectivity index (χ1) is 19.4. The molecular weight excluding hydrogens is 504 g/mol. The van der Waals surface area contributed by atoms with E-state index in [0.29, 0.717) is 35.9 Å². The lowest BCUT2D eigenvalue weighted by atomic mass is 9.95. The number of nitrogens with zero attached hydrogens (tertiary/aromatic N) is 2. The van der Waals surface area contributed by atoms with Gasteiger partial charge in [0.25, 0.3) is 5.91 Å². The lowest BCUT2D eigenvalue weighted by molar-refractivity contribution is -0.138. The predicted molar refractivity (Wildman–Crippen MR) is 152 cm³/mol. The maximum Gasteiger partial charge on any atom is 0.322 e. The van der Waals surface area contributed by atoms with Crippen LogP contribution in [0.15, 0.2) is 96.2 Å². The van der Waals surface area contributed by atoms with Crippen LogP contribution >= 0.6 is 0 Å². The van der Waals surface area contributed by atoms with Crippen LogP contribution in [0.2, 0.25) is 0 Å². The van der Waals surface area contributed by atoms with Gasteiger partial charge in [-0.15, -0.1) is 0 Å². The summed E-state index contributed by atoms with van der Waals surface area (Å²) in [5, 5.41) is 6.02. The lowest BCUT2D eigenvalue weighted by Crippen LogP contribution is -2.51. The van der Waals surface area contributed by atoms with E-state index in [1.165, 1.54) is 0 Å². The normalized spacial score (nSPS) is 17.6. The van der Waals surface area contributed by atoms with Gasteiger partial charge >= 0.3 is 6.03 Å². The van der Waals surface area contributed by atoms with Crippen LogP contribution in [-0.2, 0) is 16.1 Å². The minimum Gasteiger partial charge on any atom is -0.457 e. The number of hydrogen-bond donors (Lipinski definition) is 2. The fourth-order valence-corrected chi connectivity index (χ4v) is 5.40. The first-order valence-corrected chi connectivity index (χ1v) is 13.6. The van der Waals surface area contributed by atoms with Crippen molar-refractivity contribution in [2.75, 3.05) is 13.1 Å². The van der Waals surface area contributed by atoms with E-state index in [4.69, 9.17) is 4.74 Å².